The summed E-state index contributed by atoms with van der Waals surface area (Å²) in [5.41, 5.74) is 13.7. The van der Waals surface area contributed by atoms with Gasteiger partial charge in [-0.25, -0.2) is 15.0 Å². The van der Waals surface area contributed by atoms with Crippen LogP contribution >= 0.6 is 0 Å². The van der Waals surface area contributed by atoms with Gasteiger partial charge in [0.15, 0.2) is 17.8 Å². The summed E-state index contributed by atoms with van der Waals surface area (Å²) in [7, 11) is 0. The van der Waals surface area contributed by atoms with E-state index in [0.29, 0.717) is 36.6 Å². The van der Waals surface area contributed by atoms with Crippen molar-refractivity contribution < 1.29 is 14.7 Å². The zero-order valence-corrected chi connectivity index (χ0v) is 31.8. The van der Waals surface area contributed by atoms with Gasteiger partial charge in [-0.15, -0.1) is 0 Å². The number of likely N-dealkylation sites (tertiary alicyclic amines) is 2. The molecule has 1 amide bonds. The smallest absolute Gasteiger partial charge is 0.253 e. The van der Waals surface area contributed by atoms with Crippen LogP contribution in [0.2, 0.25) is 0 Å². The van der Waals surface area contributed by atoms with Gasteiger partial charge in [-0.05, 0) is 123 Å². The minimum Gasteiger partial charge on any atom is -0.507 e. The molecule has 2 aliphatic rings. The fourth-order valence-corrected chi connectivity index (χ4v) is 7.65. The number of carbonyl (C=O) groups is 2. The van der Waals surface area contributed by atoms with Gasteiger partial charge in [-0.3, -0.25) is 19.1 Å². The SMILES string of the molecule is C/C=C\C(=C/CC)c1ccc2nc(-c3cccnc3N)n(-c3ccc(CN4CCC5(CC4)CCN(C(=O)c4ccc(O)c(C=O)c4)CC5)cc3)c2n1.CC. The van der Waals surface area contributed by atoms with E-state index in [1.165, 1.54) is 17.7 Å². The predicted molar refractivity (Wildman–Crippen MR) is 217 cm³/mol. The van der Waals surface area contributed by atoms with Crippen molar-refractivity contribution in [2.75, 3.05) is 31.9 Å². The number of amides is 1. The first kappa shape index (κ1) is 38.1. The number of hydrogen-bond donors (Lipinski definition) is 2. The van der Waals surface area contributed by atoms with E-state index < -0.39 is 0 Å². The van der Waals surface area contributed by atoms with Gasteiger partial charge >= 0.3 is 0 Å². The summed E-state index contributed by atoms with van der Waals surface area (Å²) in [6, 6.07) is 21.0. The van der Waals surface area contributed by atoms with Crippen molar-refractivity contribution in [2.24, 2.45) is 5.41 Å². The molecule has 10 heteroatoms. The van der Waals surface area contributed by atoms with Crippen molar-refractivity contribution in [3.05, 3.63) is 114 Å². The van der Waals surface area contributed by atoms with E-state index in [-0.39, 0.29) is 22.6 Å². The molecule has 0 saturated carbocycles. The topological polar surface area (TPSA) is 130 Å². The van der Waals surface area contributed by atoms with E-state index in [1.807, 2.05) is 56.0 Å². The second-order valence-corrected chi connectivity index (χ2v) is 13.9. The normalized spacial score (nSPS) is 16.1. The molecule has 0 radical (unpaired) electrons. The molecule has 0 unspecified atom stereocenters. The number of pyridine rings is 2. The molecule has 54 heavy (non-hydrogen) atoms. The number of imidazole rings is 1. The summed E-state index contributed by atoms with van der Waals surface area (Å²) in [5.74, 6) is 0.931. The molecule has 7 rings (SSSR count). The fourth-order valence-electron chi connectivity index (χ4n) is 7.65. The second kappa shape index (κ2) is 17.0. The van der Waals surface area contributed by atoms with E-state index in [0.717, 1.165) is 85.4 Å². The van der Waals surface area contributed by atoms with Crippen LogP contribution in [0, 0.1) is 5.41 Å². The molecule has 2 fully saturated rings. The number of hydrogen-bond acceptors (Lipinski definition) is 8. The Morgan fingerprint density at radius 1 is 0.944 bits per heavy atom. The third kappa shape index (κ3) is 7.99. The Hall–Kier alpha value is -5.61. The number of nitrogens with zero attached hydrogens (tertiary/aromatic N) is 6. The molecule has 2 aliphatic heterocycles. The molecule has 2 saturated heterocycles. The number of phenolic OH excluding ortho intramolecular Hbond substituents is 1. The van der Waals surface area contributed by atoms with Crippen molar-refractivity contribution in [3.8, 4) is 22.8 Å². The first-order chi connectivity index (χ1) is 26.3. The van der Waals surface area contributed by atoms with Crippen LogP contribution in [0.3, 0.4) is 0 Å². The summed E-state index contributed by atoms with van der Waals surface area (Å²) in [4.78, 5) is 43.3. The van der Waals surface area contributed by atoms with E-state index in [9.17, 15) is 14.7 Å². The van der Waals surface area contributed by atoms with Gasteiger partial charge in [0.1, 0.15) is 17.1 Å². The van der Waals surface area contributed by atoms with Crippen molar-refractivity contribution in [3.63, 3.8) is 0 Å². The van der Waals surface area contributed by atoms with Gasteiger partial charge in [-0.2, -0.15) is 0 Å². The number of phenols is 1. The zero-order chi connectivity index (χ0) is 38.2. The molecule has 0 aliphatic carbocycles. The number of aromatic nitrogens is 4. The van der Waals surface area contributed by atoms with Crippen LogP contribution < -0.4 is 5.73 Å². The number of aromatic hydroxyl groups is 1. The average molecular weight is 726 g/mol. The molecular weight excluding hydrogens is 675 g/mol. The average Bonchev–Trinajstić information content (AvgIpc) is 3.59. The van der Waals surface area contributed by atoms with Gasteiger partial charge < -0.3 is 15.7 Å². The van der Waals surface area contributed by atoms with E-state index in [4.69, 9.17) is 15.7 Å². The van der Waals surface area contributed by atoms with Crippen LogP contribution in [0.4, 0.5) is 5.82 Å². The number of carbonyl (C=O) groups excluding carboxylic acids is 2. The Kier molecular flexibility index (Phi) is 12.0. The standard InChI is InChI=1S/C42H45N7O3.C2H6/c1-3-6-30(7-4-2)35-14-15-36-40(45-35)49(39(46-36)34-8-5-21-44-38(34)43)33-12-9-29(10-13-33)27-47-22-17-42(18-23-47)19-24-48(25-20-42)41(52)31-11-16-37(51)32(26-31)28-50;1-2/h3,5-16,21,26,28,51H,4,17-20,22-25,27H2,1-2H3,(H2,43,44);1-2H3/b6-3-,30-7+;. The number of allylic oxidation sites excluding steroid dienone is 4. The number of nitrogen functional groups attached to an aromatic ring is 1. The Balaban J connectivity index is 0.00000245. The first-order valence-electron chi connectivity index (χ1n) is 19.1. The van der Waals surface area contributed by atoms with Crippen molar-refractivity contribution in [2.45, 2.75) is 66.3 Å². The third-order valence-corrected chi connectivity index (χ3v) is 10.7. The van der Waals surface area contributed by atoms with Crippen molar-refractivity contribution in [1.82, 2.24) is 29.3 Å². The molecule has 5 heterocycles. The Labute approximate surface area is 318 Å². The van der Waals surface area contributed by atoms with Gasteiger partial charge in [0.05, 0.1) is 16.8 Å². The predicted octanol–water partition coefficient (Wildman–Crippen LogP) is 8.50. The summed E-state index contributed by atoms with van der Waals surface area (Å²) >= 11 is 0. The molecule has 5 aromatic rings. The van der Waals surface area contributed by atoms with E-state index >= 15 is 0 Å². The number of anilines is 1. The molecule has 3 aromatic heterocycles. The Morgan fingerprint density at radius 3 is 2.33 bits per heavy atom. The number of fused-ring (bicyclic) bond motifs is 1. The lowest BCUT2D eigenvalue weighted by Gasteiger charge is -2.47. The van der Waals surface area contributed by atoms with Crippen LogP contribution in [0.1, 0.15) is 91.8 Å². The summed E-state index contributed by atoms with van der Waals surface area (Å²) in [6.07, 6.45) is 13.6. The molecule has 1 spiro atoms. The van der Waals surface area contributed by atoms with Crippen LogP contribution in [-0.2, 0) is 6.54 Å². The number of piperidine rings is 2. The van der Waals surface area contributed by atoms with E-state index in [2.05, 4.69) is 57.8 Å². The largest absolute Gasteiger partial charge is 0.507 e. The number of rotatable bonds is 9. The Morgan fingerprint density at radius 2 is 1.67 bits per heavy atom. The molecule has 280 valence electrons. The summed E-state index contributed by atoms with van der Waals surface area (Å²) in [6.45, 7) is 12.4. The van der Waals surface area contributed by atoms with Gasteiger partial charge in [0, 0.05) is 37.1 Å². The lowest BCUT2D eigenvalue weighted by Crippen LogP contribution is -2.48. The molecule has 10 nitrogen and oxygen atoms in total. The second-order valence-electron chi connectivity index (χ2n) is 13.9. The highest BCUT2D eigenvalue weighted by Gasteiger charge is 2.38. The maximum Gasteiger partial charge on any atom is 0.253 e. The van der Waals surface area contributed by atoms with Gasteiger partial charge in [0.2, 0.25) is 0 Å². The van der Waals surface area contributed by atoms with E-state index in [1.54, 1.807) is 12.3 Å². The quantitative estimate of drug-likeness (QED) is 0.114. The minimum atomic E-state index is -0.107. The monoisotopic (exact) mass is 725 g/mol. The van der Waals surface area contributed by atoms with Gasteiger partial charge in [-0.1, -0.05) is 51.1 Å². The fraction of sp³-hybridized carbons (Fsp3) is 0.341. The molecular formula is C44H51N7O3. The molecule has 3 N–H and O–H groups in total. The molecule has 0 bridgehead atoms. The van der Waals surface area contributed by atoms with Crippen molar-refractivity contribution >= 4 is 34.7 Å². The number of aldehydes is 1. The van der Waals surface area contributed by atoms with Gasteiger partial charge in [0.25, 0.3) is 5.91 Å². The molecule has 0 atom stereocenters. The highest BCUT2D eigenvalue weighted by atomic mass is 16.3. The third-order valence-electron chi connectivity index (χ3n) is 10.7. The number of benzene rings is 2. The summed E-state index contributed by atoms with van der Waals surface area (Å²) in [5, 5.41) is 9.83. The highest BCUT2D eigenvalue weighted by Crippen LogP contribution is 2.42. The maximum absolute atomic E-state index is 13.2. The minimum absolute atomic E-state index is 0.0819. The lowest BCUT2D eigenvalue weighted by atomic mass is 9.71. The summed E-state index contributed by atoms with van der Waals surface area (Å²) < 4.78 is 2.08. The first-order valence-corrected chi connectivity index (χ1v) is 19.1. The van der Waals surface area contributed by atoms with Crippen LogP contribution in [0.5, 0.6) is 5.75 Å². The Bertz CT molecular complexity index is 2150. The lowest BCUT2D eigenvalue weighted by molar-refractivity contribution is 0.0285. The van der Waals surface area contributed by atoms with Crippen LogP contribution in [0.15, 0.2) is 91.2 Å². The maximum atomic E-state index is 13.2. The van der Waals surface area contributed by atoms with Crippen LogP contribution in [0.25, 0.3) is 33.8 Å². The van der Waals surface area contributed by atoms with Crippen LogP contribution in [-0.4, -0.2) is 72.8 Å². The highest BCUT2D eigenvalue weighted by molar-refractivity contribution is 5.96. The van der Waals surface area contributed by atoms with Crippen molar-refractivity contribution in [1.29, 1.82) is 0 Å². The number of nitrogens with two attached hydrogens (primary N) is 1. The zero-order valence-electron chi connectivity index (χ0n) is 31.8. The molecule has 2 aromatic carbocycles.